The van der Waals surface area contributed by atoms with Crippen LogP contribution in [0.1, 0.15) is 5.56 Å². The maximum absolute atomic E-state index is 13.5. The molecule has 1 heterocycles. The molecule has 0 saturated heterocycles. The molecule has 0 atom stereocenters. The predicted octanol–water partition coefficient (Wildman–Crippen LogP) is 2.94. The Bertz CT molecular complexity index is 542. The van der Waals surface area contributed by atoms with Crippen molar-refractivity contribution in [2.75, 3.05) is 0 Å². The molecule has 76 valence electrons. The van der Waals surface area contributed by atoms with Crippen molar-refractivity contribution in [1.82, 2.24) is 4.98 Å². The number of halogens is 2. The highest BCUT2D eigenvalue weighted by atomic mass is 79.9. The first-order valence-electron chi connectivity index (χ1n) is 4.14. The lowest BCUT2D eigenvalue weighted by Gasteiger charge is -2.04. The summed E-state index contributed by atoms with van der Waals surface area (Å²) in [5.41, 5.74) is 0.637. The highest BCUT2D eigenvalue weighted by molar-refractivity contribution is 9.10. The first-order chi connectivity index (χ1) is 7.24. The molecule has 1 N–H and O–H groups in total. The van der Waals surface area contributed by atoms with Crippen LogP contribution in [0.5, 0.6) is 0 Å². The molecule has 15 heavy (non-hydrogen) atoms. The minimum Gasteiger partial charge on any atom is -0.411 e. The molecule has 0 saturated carbocycles. The van der Waals surface area contributed by atoms with Gasteiger partial charge in [0.25, 0.3) is 0 Å². The Balaban J connectivity index is 2.89. The molecule has 0 unspecified atom stereocenters. The fourth-order valence-electron chi connectivity index (χ4n) is 1.37. The monoisotopic (exact) mass is 268 g/mol. The van der Waals surface area contributed by atoms with Crippen LogP contribution in [0.3, 0.4) is 0 Å². The SMILES string of the molecule is O/N=C\c1c(F)cc(Br)c2cccnc12. The lowest BCUT2D eigenvalue weighted by molar-refractivity contribution is 0.321. The van der Waals surface area contributed by atoms with Gasteiger partial charge in [0.2, 0.25) is 0 Å². The molecular formula is C10H6BrFN2O. The van der Waals surface area contributed by atoms with Crippen LogP contribution in [0.4, 0.5) is 4.39 Å². The molecule has 2 aromatic rings. The minimum atomic E-state index is -0.481. The third-order valence-electron chi connectivity index (χ3n) is 2.02. The molecule has 3 nitrogen and oxygen atoms in total. The Morgan fingerprint density at radius 1 is 1.53 bits per heavy atom. The van der Waals surface area contributed by atoms with Crippen molar-refractivity contribution in [1.29, 1.82) is 0 Å². The van der Waals surface area contributed by atoms with E-state index in [1.165, 1.54) is 6.07 Å². The van der Waals surface area contributed by atoms with Crippen molar-refractivity contribution >= 4 is 33.0 Å². The number of fused-ring (bicyclic) bond motifs is 1. The molecule has 0 aliphatic carbocycles. The van der Waals surface area contributed by atoms with Crippen molar-refractivity contribution in [2.45, 2.75) is 0 Å². The first-order valence-corrected chi connectivity index (χ1v) is 4.93. The number of benzene rings is 1. The fourth-order valence-corrected chi connectivity index (χ4v) is 1.89. The normalized spacial score (nSPS) is 11.3. The fraction of sp³-hybridized carbons (Fsp3) is 0. The van der Waals surface area contributed by atoms with Crippen LogP contribution in [0.2, 0.25) is 0 Å². The van der Waals surface area contributed by atoms with Crippen molar-refractivity contribution in [3.05, 3.63) is 40.2 Å². The Hall–Kier alpha value is -1.49. The van der Waals surface area contributed by atoms with E-state index in [0.29, 0.717) is 9.99 Å². The van der Waals surface area contributed by atoms with Gasteiger partial charge in [-0.3, -0.25) is 4.98 Å². The summed E-state index contributed by atoms with van der Waals surface area (Å²) in [6.45, 7) is 0. The molecule has 1 aromatic heterocycles. The average molecular weight is 269 g/mol. The van der Waals surface area contributed by atoms with Gasteiger partial charge in [-0.2, -0.15) is 0 Å². The highest BCUT2D eigenvalue weighted by Gasteiger charge is 2.10. The molecule has 0 spiro atoms. The smallest absolute Gasteiger partial charge is 0.135 e. The second-order valence-electron chi connectivity index (χ2n) is 2.90. The van der Waals surface area contributed by atoms with E-state index < -0.39 is 5.82 Å². The van der Waals surface area contributed by atoms with Crippen LogP contribution >= 0.6 is 15.9 Å². The van der Waals surface area contributed by atoms with E-state index in [0.717, 1.165) is 11.6 Å². The molecule has 0 aliphatic rings. The third kappa shape index (κ3) is 1.70. The Morgan fingerprint density at radius 3 is 3.07 bits per heavy atom. The van der Waals surface area contributed by atoms with Gasteiger partial charge in [0.15, 0.2) is 0 Å². The number of oxime groups is 1. The van der Waals surface area contributed by atoms with Gasteiger partial charge in [0.05, 0.1) is 17.3 Å². The van der Waals surface area contributed by atoms with E-state index >= 15 is 0 Å². The second kappa shape index (κ2) is 3.94. The van der Waals surface area contributed by atoms with Gasteiger partial charge in [-0.1, -0.05) is 11.2 Å². The molecule has 0 aliphatic heterocycles. The lowest BCUT2D eigenvalue weighted by Crippen LogP contribution is -1.93. The van der Waals surface area contributed by atoms with Crippen molar-refractivity contribution < 1.29 is 9.60 Å². The molecular weight excluding hydrogens is 263 g/mol. The van der Waals surface area contributed by atoms with Gasteiger partial charge in [0, 0.05) is 16.1 Å². The zero-order valence-electron chi connectivity index (χ0n) is 7.48. The zero-order valence-corrected chi connectivity index (χ0v) is 9.07. The Kier molecular flexibility index (Phi) is 2.64. The van der Waals surface area contributed by atoms with Gasteiger partial charge >= 0.3 is 0 Å². The number of hydrogen-bond donors (Lipinski definition) is 1. The Labute approximate surface area is 93.4 Å². The van der Waals surface area contributed by atoms with Crippen LogP contribution in [-0.4, -0.2) is 16.4 Å². The summed E-state index contributed by atoms with van der Waals surface area (Å²) in [6, 6.07) is 4.88. The second-order valence-corrected chi connectivity index (χ2v) is 3.75. The molecule has 0 fully saturated rings. The van der Waals surface area contributed by atoms with Crippen LogP contribution < -0.4 is 0 Å². The largest absolute Gasteiger partial charge is 0.411 e. The number of aromatic nitrogens is 1. The van der Waals surface area contributed by atoms with E-state index in [4.69, 9.17) is 5.21 Å². The summed E-state index contributed by atoms with van der Waals surface area (Å²) in [4.78, 5) is 4.05. The number of pyridine rings is 1. The summed E-state index contributed by atoms with van der Waals surface area (Å²) in [5, 5.41) is 12.0. The number of hydrogen-bond acceptors (Lipinski definition) is 3. The van der Waals surface area contributed by atoms with E-state index in [2.05, 4.69) is 26.1 Å². The number of rotatable bonds is 1. The van der Waals surface area contributed by atoms with Crippen LogP contribution in [0, 0.1) is 5.82 Å². The maximum Gasteiger partial charge on any atom is 0.135 e. The van der Waals surface area contributed by atoms with Gasteiger partial charge in [0.1, 0.15) is 5.82 Å². The molecule has 5 heteroatoms. The summed E-state index contributed by atoms with van der Waals surface area (Å²) in [5.74, 6) is -0.481. The van der Waals surface area contributed by atoms with E-state index in [1.807, 2.05) is 0 Å². The van der Waals surface area contributed by atoms with Gasteiger partial charge in [-0.25, -0.2) is 4.39 Å². The molecule has 0 radical (unpaired) electrons. The average Bonchev–Trinajstić information content (AvgIpc) is 2.24. The summed E-state index contributed by atoms with van der Waals surface area (Å²) < 4.78 is 14.1. The van der Waals surface area contributed by atoms with Gasteiger partial charge in [-0.15, -0.1) is 0 Å². The van der Waals surface area contributed by atoms with E-state index in [1.54, 1.807) is 18.3 Å². The van der Waals surface area contributed by atoms with E-state index in [-0.39, 0.29) is 5.56 Å². The van der Waals surface area contributed by atoms with Crippen molar-refractivity contribution in [3.8, 4) is 0 Å². The molecule has 0 bridgehead atoms. The minimum absolute atomic E-state index is 0.177. The van der Waals surface area contributed by atoms with Crippen LogP contribution in [0.25, 0.3) is 10.9 Å². The quantitative estimate of drug-likeness (QED) is 0.491. The molecule has 2 rings (SSSR count). The summed E-state index contributed by atoms with van der Waals surface area (Å²) >= 11 is 3.25. The zero-order chi connectivity index (χ0) is 10.8. The predicted molar refractivity (Wildman–Crippen MR) is 58.8 cm³/mol. The molecule has 1 aromatic carbocycles. The first kappa shape index (κ1) is 10.0. The van der Waals surface area contributed by atoms with Crippen molar-refractivity contribution in [2.24, 2.45) is 5.16 Å². The highest BCUT2D eigenvalue weighted by Crippen LogP contribution is 2.26. The topological polar surface area (TPSA) is 45.5 Å². The summed E-state index contributed by atoms with van der Waals surface area (Å²) in [7, 11) is 0. The van der Waals surface area contributed by atoms with Crippen molar-refractivity contribution in [3.63, 3.8) is 0 Å². The maximum atomic E-state index is 13.5. The molecule has 0 amide bonds. The van der Waals surface area contributed by atoms with Crippen LogP contribution in [0.15, 0.2) is 34.0 Å². The van der Waals surface area contributed by atoms with Crippen LogP contribution in [-0.2, 0) is 0 Å². The third-order valence-corrected chi connectivity index (χ3v) is 2.67. The number of nitrogens with zero attached hydrogens (tertiary/aromatic N) is 2. The van der Waals surface area contributed by atoms with Gasteiger partial charge < -0.3 is 5.21 Å². The lowest BCUT2D eigenvalue weighted by atomic mass is 10.1. The summed E-state index contributed by atoms with van der Waals surface area (Å²) in [6.07, 6.45) is 2.60. The standard InChI is InChI=1S/C10H6BrFN2O/c11-8-4-9(12)7(5-14-15)10-6(8)2-1-3-13-10/h1-5,15H/b14-5-. The Morgan fingerprint density at radius 2 is 2.33 bits per heavy atom. The van der Waals surface area contributed by atoms with Gasteiger partial charge in [-0.05, 0) is 28.1 Å². The van der Waals surface area contributed by atoms with E-state index in [9.17, 15) is 4.39 Å².